The van der Waals surface area contributed by atoms with Gasteiger partial charge in [-0.1, -0.05) is 0 Å². The van der Waals surface area contributed by atoms with E-state index in [1.807, 2.05) is 10.9 Å². The number of halogens is 3. The van der Waals surface area contributed by atoms with Crippen LogP contribution in [-0.4, -0.2) is 59.5 Å². The Morgan fingerprint density at radius 2 is 1.89 bits per heavy atom. The fourth-order valence-electron chi connectivity index (χ4n) is 4.75. The highest BCUT2D eigenvalue weighted by Crippen LogP contribution is 2.45. The van der Waals surface area contributed by atoms with Gasteiger partial charge in [-0.15, -0.1) is 11.3 Å². The van der Waals surface area contributed by atoms with Crippen LogP contribution in [0.25, 0.3) is 10.6 Å². The molecule has 5 heterocycles. The summed E-state index contributed by atoms with van der Waals surface area (Å²) in [5.74, 6) is -0.783. The van der Waals surface area contributed by atoms with Crippen LogP contribution in [-0.2, 0) is 16.0 Å². The second-order valence-corrected chi connectivity index (χ2v) is 12.8. The Balaban J connectivity index is 1.40. The maximum absolute atomic E-state index is 13.9. The van der Waals surface area contributed by atoms with E-state index in [0.29, 0.717) is 23.2 Å². The smallest absolute Gasteiger partial charge is 0.350 e. The van der Waals surface area contributed by atoms with Crippen molar-refractivity contribution in [2.24, 2.45) is 0 Å². The van der Waals surface area contributed by atoms with Crippen molar-refractivity contribution >= 4 is 38.7 Å². The standard InChI is InChI=1S/C23H24F3N7O3S2/c24-23(25,26)14-10-29-22(30-15-11-33(13-3-5-27-6-4-13)32-18(15)12-1-2-12)31-19(14)16-9-17-20(37-16)21(34)28-7-8-38(17,35)36/h9-13,27H,1-8H2,(H,28,34)(H,29,30,31). The first-order valence-corrected chi connectivity index (χ1v) is 14.7. The Labute approximate surface area is 220 Å². The molecule has 1 saturated heterocycles. The number of amides is 1. The quantitative estimate of drug-likeness (QED) is 0.427. The van der Waals surface area contributed by atoms with Gasteiger partial charge in [0.15, 0.2) is 9.84 Å². The summed E-state index contributed by atoms with van der Waals surface area (Å²) in [6.45, 7) is 1.70. The number of hydrogen-bond donors (Lipinski definition) is 3. The van der Waals surface area contributed by atoms with Gasteiger partial charge < -0.3 is 16.0 Å². The lowest BCUT2D eigenvalue weighted by molar-refractivity contribution is -0.137. The molecule has 38 heavy (non-hydrogen) atoms. The van der Waals surface area contributed by atoms with E-state index in [4.69, 9.17) is 5.10 Å². The number of anilines is 2. The largest absolute Gasteiger partial charge is 0.420 e. The van der Waals surface area contributed by atoms with Crippen LogP contribution < -0.4 is 16.0 Å². The lowest BCUT2D eigenvalue weighted by atomic mass is 10.1. The minimum absolute atomic E-state index is 0.0678. The summed E-state index contributed by atoms with van der Waals surface area (Å²) in [5.41, 5.74) is -0.139. The summed E-state index contributed by atoms with van der Waals surface area (Å²) in [4.78, 5) is 20.0. The van der Waals surface area contributed by atoms with E-state index in [0.717, 1.165) is 50.5 Å². The van der Waals surface area contributed by atoms with Crippen LogP contribution in [0.2, 0.25) is 0 Å². The van der Waals surface area contributed by atoms with Crippen molar-refractivity contribution < 1.29 is 26.4 Å². The molecule has 6 rings (SSSR count). The maximum atomic E-state index is 13.9. The van der Waals surface area contributed by atoms with E-state index in [9.17, 15) is 26.4 Å². The normalized spacial score (nSPS) is 20.0. The van der Waals surface area contributed by atoms with Gasteiger partial charge in [-0.3, -0.25) is 9.48 Å². The fourth-order valence-corrected chi connectivity index (χ4v) is 7.56. The minimum Gasteiger partial charge on any atom is -0.350 e. The molecule has 0 spiro atoms. The Kier molecular flexibility index (Phi) is 6.18. The van der Waals surface area contributed by atoms with Crippen molar-refractivity contribution in [3.05, 3.63) is 34.6 Å². The van der Waals surface area contributed by atoms with Crippen LogP contribution >= 0.6 is 11.3 Å². The molecule has 0 radical (unpaired) electrons. The molecule has 1 saturated carbocycles. The van der Waals surface area contributed by atoms with Crippen LogP contribution in [0.1, 0.15) is 58.6 Å². The zero-order valence-electron chi connectivity index (χ0n) is 20.0. The first kappa shape index (κ1) is 25.2. The SMILES string of the molecule is O=C1NCCS(=O)(=O)c2cc(-c3nc(Nc4cn(C5CCNCC5)nc4C4CC4)ncc3C(F)(F)F)sc21. The number of carbonyl (C=O) groups is 1. The van der Waals surface area contributed by atoms with Gasteiger partial charge in [0.1, 0.15) is 10.4 Å². The Bertz CT molecular complexity index is 1510. The van der Waals surface area contributed by atoms with Gasteiger partial charge in [0.05, 0.1) is 38.6 Å². The summed E-state index contributed by atoms with van der Waals surface area (Å²) in [6, 6.07) is 1.33. The summed E-state index contributed by atoms with van der Waals surface area (Å²) in [7, 11) is -3.85. The maximum Gasteiger partial charge on any atom is 0.420 e. The third-order valence-electron chi connectivity index (χ3n) is 6.88. The molecule has 3 aromatic rings. The molecule has 15 heteroatoms. The summed E-state index contributed by atoms with van der Waals surface area (Å²) < 4.78 is 69.0. The van der Waals surface area contributed by atoms with Crippen LogP contribution in [0.4, 0.5) is 24.8 Å². The number of alkyl halides is 3. The molecule has 2 aliphatic heterocycles. The number of thiophene rings is 1. The van der Waals surface area contributed by atoms with Crippen LogP contribution in [0.5, 0.6) is 0 Å². The second-order valence-electron chi connectivity index (χ2n) is 9.62. The number of rotatable bonds is 5. The average molecular weight is 568 g/mol. The number of fused-ring (bicyclic) bond motifs is 1. The topological polar surface area (TPSA) is 131 Å². The third kappa shape index (κ3) is 4.78. The molecular formula is C23H24F3N7O3S2. The van der Waals surface area contributed by atoms with Gasteiger partial charge in [0.2, 0.25) is 5.95 Å². The Morgan fingerprint density at radius 3 is 2.61 bits per heavy atom. The molecule has 202 valence electrons. The van der Waals surface area contributed by atoms with Crippen molar-refractivity contribution in [1.29, 1.82) is 0 Å². The highest BCUT2D eigenvalue weighted by molar-refractivity contribution is 7.91. The number of nitrogens with one attached hydrogen (secondary N) is 3. The molecule has 2 fully saturated rings. The number of carbonyl (C=O) groups excluding carboxylic acids is 1. The third-order valence-corrected chi connectivity index (χ3v) is 9.88. The molecule has 0 aromatic carbocycles. The molecule has 3 N–H and O–H groups in total. The Hall–Kier alpha value is -3.04. The van der Waals surface area contributed by atoms with E-state index in [1.165, 1.54) is 0 Å². The van der Waals surface area contributed by atoms with Gasteiger partial charge in [0.25, 0.3) is 5.91 Å². The highest BCUT2D eigenvalue weighted by Gasteiger charge is 2.38. The summed E-state index contributed by atoms with van der Waals surface area (Å²) in [6.07, 6.45) is 1.54. The number of sulfone groups is 1. The van der Waals surface area contributed by atoms with E-state index in [1.54, 1.807) is 0 Å². The van der Waals surface area contributed by atoms with Crippen LogP contribution in [0.3, 0.4) is 0 Å². The van der Waals surface area contributed by atoms with Crippen molar-refractivity contribution in [3.63, 3.8) is 0 Å². The molecule has 3 aromatic heterocycles. The molecule has 1 aliphatic carbocycles. The summed E-state index contributed by atoms with van der Waals surface area (Å²) in [5, 5.41) is 13.6. The molecule has 0 unspecified atom stereocenters. The lowest BCUT2D eigenvalue weighted by Gasteiger charge is -2.22. The average Bonchev–Trinajstić information content (AvgIpc) is 3.49. The number of piperidine rings is 1. The first-order valence-electron chi connectivity index (χ1n) is 12.3. The summed E-state index contributed by atoms with van der Waals surface area (Å²) >= 11 is 0.667. The van der Waals surface area contributed by atoms with E-state index in [-0.39, 0.29) is 44.9 Å². The van der Waals surface area contributed by atoms with Gasteiger partial charge in [0, 0.05) is 24.9 Å². The van der Waals surface area contributed by atoms with Crippen molar-refractivity contribution in [2.75, 3.05) is 30.7 Å². The van der Waals surface area contributed by atoms with Gasteiger partial charge in [-0.05, 0) is 44.8 Å². The number of aromatic nitrogens is 4. The van der Waals surface area contributed by atoms with E-state index < -0.39 is 33.2 Å². The minimum atomic E-state index is -4.80. The zero-order valence-corrected chi connectivity index (χ0v) is 21.6. The monoisotopic (exact) mass is 567 g/mol. The number of nitrogens with zero attached hydrogens (tertiary/aromatic N) is 4. The van der Waals surface area contributed by atoms with Gasteiger partial charge in [-0.25, -0.2) is 18.4 Å². The molecule has 3 aliphatic rings. The van der Waals surface area contributed by atoms with Crippen LogP contribution in [0.15, 0.2) is 23.4 Å². The van der Waals surface area contributed by atoms with Crippen LogP contribution in [0, 0.1) is 0 Å². The predicted molar refractivity (Wildman–Crippen MR) is 133 cm³/mol. The van der Waals surface area contributed by atoms with Crippen molar-refractivity contribution in [1.82, 2.24) is 30.4 Å². The molecule has 0 atom stereocenters. The lowest BCUT2D eigenvalue weighted by Crippen LogP contribution is -2.29. The first-order chi connectivity index (χ1) is 18.1. The van der Waals surface area contributed by atoms with Crippen molar-refractivity contribution in [3.8, 4) is 10.6 Å². The predicted octanol–water partition coefficient (Wildman–Crippen LogP) is 3.48. The van der Waals surface area contributed by atoms with Gasteiger partial charge >= 0.3 is 6.18 Å². The highest BCUT2D eigenvalue weighted by atomic mass is 32.2. The second kappa shape index (κ2) is 9.31. The molecular weight excluding hydrogens is 543 g/mol. The molecule has 0 bridgehead atoms. The van der Waals surface area contributed by atoms with E-state index >= 15 is 0 Å². The van der Waals surface area contributed by atoms with E-state index in [2.05, 4.69) is 25.9 Å². The van der Waals surface area contributed by atoms with Gasteiger partial charge in [-0.2, -0.15) is 18.3 Å². The van der Waals surface area contributed by atoms with Crippen molar-refractivity contribution in [2.45, 2.75) is 48.7 Å². The Morgan fingerprint density at radius 1 is 1.13 bits per heavy atom. The molecule has 10 nitrogen and oxygen atoms in total. The molecule has 1 amide bonds. The fraction of sp³-hybridized carbons (Fsp3) is 0.478. The number of hydrogen-bond acceptors (Lipinski definition) is 9. The zero-order chi connectivity index (χ0) is 26.7.